The highest BCUT2D eigenvalue weighted by Gasteiger charge is 2.16. The van der Waals surface area contributed by atoms with E-state index in [1.165, 1.54) is 18.0 Å². The van der Waals surface area contributed by atoms with Crippen molar-refractivity contribution >= 4 is 28.7 Å². The summed E-state index contributed by atoms with van der Waals surface area (Å²) < 4.78 is 16.9. The summed E-state index contributed by atoms with van der Waals surface area (Å²) in [6.07, 6.45) is 9.21. The lowest BCUT2D eigenvalue weighted by molar-refractivity contribution is 0.270. The minimum Gasteiger partial charge on any atom is -0.326 e. The van der Waals surface area contributed by atoms with Gasteiger partial charge >= 0.3 is 0 Å². The van der Waals surface area contributed by atoms with Crippen molar-refractivity contribution in [2.45, 2.75) is 46.6 Å². The number of fused-ring (bicyclic) bond motifs is 1. The molecule has 4 heterocycles. The van der Waals surface area contributed by atoms with Gasteiger partial charge in [0.15, 0.2) is 5.82 Å². The first-order valence-corrected chi connectivity index (χ1v) is 12.4. The molecule has 9 heteroatoms. The Balaban J connectivity index is 1.35. The first kappa shape index (κ1) is 24.0. The highest BCUT2D eigenvalue weighted by Crippen LogP contribution is 2.29. The zero-order valence-electron chi connectivity index (χ0n) is 21.2. The van der Waals surface area contributed by atoms with Crippen molar-refractivity contribution in [3.8, 4) is 11.3 Å². The Hall–Kier alpha value is -3.72. The van der Waals surface area contributed by atoms with Crippen molar-refractivity contribution in [2.24, 2.45) is 0 Å². The van der Waals surface area contributed by atoms with Crippen LogP contribution in [-0.2, 0) is 0 Å². The third-order valence-corrected chi connectivity index (χ3v) is 6.63. The Labute approximate surface area is 210 Å². The van der Waals surface area contributed by atoms with Crippen LogP contribution < -0.4 is 5.32 Å². The smallest absolute Gasteiger partial charge is 0.151 e. The Kier molecular flexibility index (Phi) is 6.73. The van der Waals surface area contributed by atoms with Gasteiger partial charge in [0.25, 0.3) is 0 Å². The van der Waals surface area contributed by atoms with Crippen molar-refractivity contribution in [2.75, 3.05) is 25.0 Å². The molecule has 8 nitrogen and oxygen atoms in total. The summed E-state index contributed by atoms with van der Waals surface area (Å²) >= 11 is 0. The molecule has 1 N–H and O–H groups in total. The number of aryl methyl sites for hydroxylation is 1. The number of rotatable bonds is 6. The summed E-state index contributed by atoms with van der Waals surface area (Å²) in [6.45, 7) is 11.5. The Bertz CT molecular complexity index is 1400. The number of anilines is 2. The number of hydrogen-bond donors (Lipinski definition) is 1. The largest absolute Gasteiger partial charge is 0.326 e. The number of aromatic nitrogens is 6. The summed E-state index contributed by atoms with van der Waals surface area (Å²) in [5.74, 6) is 1.55. The van der Waals surface area contributed by atoms with Crippen LogP contribution in [-0.4, -0.2) is 54.0 Å². The Morgan fingerprint density at radius 2 is 1.83 bits per heavy atom. The van der Waals surface area contributed by atoms with E-state index in [-0.39, 0.29) is 11.9 Å². The van der Waals surface area contributed by atoms with Gasteiger partial charge in [0.05, 0.1) is 29.3 Å². The van der Waals surface area contributed by atoms with E-state index in [4.69, 9.17) is 0 Å². The van der Waals surface area contributed by atoms with Crippen LogP contribution in [0.25, 0.3) is 28.4 Å². The predicted octanol–water partition coefficient (Wildman–Crippen LogP) is 5.55. The molecule has 1 saturated heterocycles. The van der Waals surface area contributed by atoms with Crippen molar-refractivity contribution in [1.82, 2.24) is 34.4 Å². The quantitative estimate of drug-likeness (QED) is 0.382. The molecule has 1 aliphatic rings. The van der Waals surface area contributed by atoms with E-state index in [2.05, 4.69) is 62.0 Å². The lowest BCUT2D eigenvalue weighted by Gasteiger charge is -2.26. The number of benzene rings is 1. The fourth-order valence-corrected chi connectivity index (χ4v) is 4.77. The van der Waals surface area contributed by atoms with Gasteiger partial charge in [-0.1, -0.05) is 12.5 Å². The number of halogens is 1. The van der Waals surface area contributed by atoms with Gasteiger partial charge in [0, 0.05) is 30.8 Å². The molecule has 3 aromatic heterocycles. The molecular formula is C27H31FN8. The lowest BCUT2D eigenvalue weighted by Crippen LogP contribution is -2.30. The van der Waals surface area contributed by atoms with E-state index in [0.29, 0.717) is 28.4 Å². The number of hydrogen-bond acceptors (Lipinski definition) is 7. The molecule has 36 heavy (non-hydrogen) atoms. The van der Waals surface area contributed by atoms with Gasteiger partial charge < -0.3 is 14.8 Å². The summed E-state index contributed by atoms with van der Waals surface area (Å²) in [5, 5.41) is 3.18. The second-order valence-electron chi connectivity index (χ2n) is 9.43. The van der Waals surface area contributed by atoms with E-state index in [1.54, 1.807) is 18.5 Å². The number of imidazole rings is 1. The van der Waals surface area contributed by atoms with Crippen molar-refractivity contribution in [3.63, 3.8) is 0 Å². The van der Waals surface area contributed by atoms with Gasteiger partial charge in [-0.05, 0) is 58.4 Å². The lowest BCUT2D eigenvalue weighted by atomic mass is 10.0. The van der Waals surface area contributed by atoms with Crippen molar-refractivity contribution in [1.29, 1.82) is 0 Å². The van der Waals surface area contributed by atoms with Gasteiger partial charge in [-0.3, -0.25) is 4.98 Å². The first-order chi connectivity index (χ1) is 17.4. The number of likely N-dealkylation sites (tertiary alicyclic amines) is 1. The minimum atomic E-state index is -0.367. The molecule has 0 atom stereocenters. The van der Waals surface area contributed by atoms with Crippen LogP contribution in [0.2, 0.25) is 0 Å². The van der Waals surface area contributed by atoms with Gasteiger partial charge in [0.2, 0.25) is 0 Å². The van der Waals surface area contributed by atoms with Crippen molar-refractivity contribution < 1.29 is 4.39 Å². The van der Waals surface area contributed by atoms with Crippen LogP contribution in [0.5, 0.6) is 0 Å². The van der Waals surface area contributed by atoms with Crippen LogP contribution in [0.4, 0.5) is 16.0 Å². The zero-order chi connectivity index (χ0) is 25.2. The van der Waals surface area contributed by atoms with Gasteiger partial charge in [0.1, 0.15) is 29.3 Å². The van der Waals surface area contributed by atoms with Crippen LogP contribution in [0, 0.1) is 12.7 Å². The molecule has 0 radical (unpaired) electrons. The SMILES string of the molecule is CCN1CCC(=Cc2cnc(Nc3cc(-c4cc(F)c5nc(C)n(C(C)C)c5c4)ncn3)cn2)CC1. The molecule has 0 spiro atoms. The van der Waals surface area contributed by atoms with E-state index < -0.39 is 0 Å². The highest BCUT2D eigenvalue weighted by atomic mass is 19.1. The maximum Gasteiger partial charge on any atom is 0.151 e. The van der Waals surface area contributed by atoms with Gasteiger partial charge in [-0.15, -0.1) is 0 Å². The summed E-state index contributed by atoms with van der Waals surface area (Å²) in [5.41, 5.74) is 4.66. The van der Waals surface area contributed by atoms with E-state index in [9.17, 15) is 4.39 Å². The normalized spacial score (nSPS) is 14.6. The summed E-state index contributed by atoms with van der Waals surface area (Å²) in [4.78, 5) is 24.6. The second-order valence-corrected chi connectivity index (χ2v) is 9.43. The van der Waals surface area contributed by atoms with Crippen LogP contribution in [0.15, 0.2) is 42.5 Å². The molecule has 186 valence electrons. The third-order valence-electron chi connectivity index (χ3n) is 6.63. The molecule has 1 aromatic carbocycles. The summed E-state index contributed by atoms with van der Waals surface area (Å²) in [7, 11) is 0. The minimum absolute atomic E-state index is 0.161. The van der Waals surface area contributed by atoms with E-state index >= 15 is 0 Å². The third kappa shape index (κ3) is 4.97. The van der Waals surface area contributed by atoms with Gasteiger partial charge in [-0.2, -0.15) is 0 Å². The highest BCUT2D eigenvalue weighted by molar-refractivity contribution is 5.83. The Morgan fingerprint density at radius 3 is 2.53 bits per heavy atom. The van der Waals surface area contributed by atoms with E-state index in [0.717, 1.165) is 49.5 Å². The first-order valence-electron chi connectivity index (χ1n) is 12.4. The van der Waals surface area contributed by atoms with Crippen LogP contribution >= 0.6 is 0 Å². The topological polar surface area (TPSA) is 84.7 Å². The fraction of sp³-hybridized carbons (Fsp3) is 0.370. The summed E-state index contributed by atoms with van der Waals surface area (Å²) in [6, 6.07) is 5.34. The molecule has 0 unspecified atom stereocenters. The molecule has 0 amide bonds. The molecule has 0 aliphatic carbocycles. The fourth-order valence-electron chi connectivity index (χ4n) is 4.77. The Morgan fingerprint density at radius 1 is 1.03 bits per heavy atom. The molecule has 5 rings (SSSR count). The maximum atomic E-state index is 14.9. The average Bonchev–Trinajstić information content (AvgIpc) is 3.22. The van der Waals surface area contributed by atoms with E-state index in [1.807, 2.05) is 17.6 Å². The van der Waals surface area contributed by atoms with Crippen LogP contribution in [0.1, 0.15) is 51.2 Å². The number of nitrogens with zero attached hydrogens (tertiary/aromatic N) is 7. The zero-order valence-corrected chi connectivity index (χ0v) is 21.2. The maximum absolute atomic E-state index is 14.9. The second kappa shape index (κ2) is 10.1. The van der Waals surface area contributed by atoms with Gasteiger partial charge in [-0.25, -0.2) is 24.3 Å². The van der Waals surface area contributed by atoms with Crippen molar-refractivity contribution in [3.05, 3.63) is 59.8 Å². The molecule has 0 saturated carbocycles. The molecule has 4 aromatic rings. The number of piperidine rings is 1. The van der Waals surface area contributed by atoms with Crippen LogP contribution in [0.3, 0.4) is 0 Å². The standard InChI is InChI=1S/C27H31FN8/c1-5-35-8-6-19(7-9-35)10-21-14-30-26(15-29-21)34-25-13-23(31-16-32-25)20-11-22(28)27-24(12-20)36(17(2)3)18(4)33-27/h10-17H,5-9H2,1-4H3,(H,30,31,32,34). The predicted molar refractivity (Wildman–Crippen MR) is 140 cm³/mol. The molecule has 1 fully saturated rings. The molecule has 1 aliphatic heterocycles. The molecular weight excluding hydrogens is 455 g/mol. The number of nitrogens with one attached hydrogen (secondary N) is 1. The average molecular weight is 487 g/mol. The monoisotopic (exact) mass is 486 g/mol. The molecule has 0 bridgehead atoms.